The minimum atomic E-state index is -1.24. The standard InChI is InChI=1S/C24H29FN2O5/c1-13-14(2)21-18(15(3)20(13)29)9-10-24(4,32-21)23(31)27-19(12-28)22(30)26-11-16-5-7-17(25)8-6-16/h5-8,19,28-29H,9-12H2,1-4H3,(H,26,30)(H,27,31). The smallest absolute Gasteiger partial charge is 0.264 e. The van der Waals surface area contributed by atoms with Gasteiger partial charge in [-0.2, -0.15) is 0 Å². The van der Waals surface area contributed by atoms with Crippen molar-refractivity contribution in [3.8, 4) is 11.5 Å². The van der Waals surface area contributed by atoms with Crippen LogP contribution in [0.1, 0.15) is 41.2 Å². The van der Waals surface area contributed by atoms with E-state index in [-0.39, 0.29) is 18.1 Å². The van der Waals surface area contributed by atoms with Crippen molar-refractivity contribution < 1.29 is 28.9 Å². The van der Waals surface area contributed by atoms with Crippen LogP contribution in [0, 0.1) is 26.6 Å². The fourth-order valence-electron chi connectivity index (χ4n) is 3.83. The Bertz CT molecular complexity index is 1040. The molecule has 0 radical (unpaired) electrons. The summed E-state index contributed by atoms with van der Waals surface area (Å²) >= 11 is 0. The third-order valence-electron chi connectivity index (χ3n) is 6.18. The highest BCUT2D eigenvalue weighted by molar-refractivity contribution is 5.92. The topological polar surface area (TPSA) is 108 Å². The van der Waals surface area contributed by atoms with Crippen molar-refractivity contribution in [1.82, 2.24) is 10.6 Å². The van der Waals surface area contributed by atoms with E-state index in [1.807, 2.05) is 13.8 Å². The Morgan fingerprint density at radius 2 is 1.81 bits per heavy atom. The average Bonchev–Trinajstić information content (AvgIpc) is 2.78. The summed E-state index contributed by atoms with van der Waals surface area (Å²) in [6, 6.07) is 4.50. The first-order valence-corrected chi connectivity index (χ1v) is 10.5. The minimum absolute atomic E-state index is 0.133. The maximum atomic E-state index is 13.0. The molecule has 1 aliphatic heterocycles. The van der Waals surface area contributed by atoms with Gasteiger partial charge in [0.2, 0.25) is 5.91 Å². The number of carbonyl (C=O) groups is 2. The van der Waals surface area contributed by atoms with Crippen molar-refractivity contribution in [2.45, 2.75) is 58.7 Å². The second-order valence-electron chi connectivity index (χ2n) is 8.42. The molecule has 7 nitrogen and oxygen atoms in total. The van der Waals surface area contributed by atoms with Gasteiger partial charge in [0.15, 0.2) is 5.60 Å². The van der Waals surface area contributed by atoms with E-state index in [4.69, 9.17) is 4.74 Å². The number of nitrogens with one attached hydrogen (secondary N) is 2. The van der Waals surface area contributed by atoms with Gasteiger partial charge in [-0.25, -0.2) is 4.39 Å². The molecule has 3 rings (SSSR count). The van der Waals surface area contributed by atoms with Crippen LogP contribution in [-0.2, 0) is 22.6 Å². The Balaban J connectivity index is 1.70. The largest absolute Gasteiger partial charge is 0.507 e. The van der Waals surface area contributed by atoms with E-state index in [1.165, 1.54) is 12.1 Å². The number of rotatable bonds is 6. The van der Waals surface area contributed by atoms with Gasteiger partial charge in [-0.3, -0.25) is 9.59 Å². The molecular formula is C24H29FN2O5. The van der Waals surface area contributed by atoms with Crippen molar-refractivity contribution >= 4 is 11.8 Å². The van der Waals surface area contributed by atoms with Gasteiger partial charge in [0.05, 0.1) is 6.61 Å². The Hall–Kier alpha value is -3.13. The van der Waals surface area contributed by atoms with Crippen molar-refractivity contribution in [1.29, 1.82) is 0 Å². The van der Waals surface area contributed by atoms with Gasteiger partial charge in [0, 0.05) is 18.5 Å². The molecule has 0 aliphatic carbocycles. The Labute approximate surface area is 186 Å². The molecule has 8 heteroatoms. The highest BCUT2D eigenvalue weighted by Crippen LogP contribution is 2.43. The zero-order valence-electron chi connectivity index (χ0n) is 18.7. The Morgan fingerprint density at radius 3 is 2.44 bits per heavy atom. The highest BCUT2D eigenvalue weighted by Gasteiger charge is 2.42. The number of phenols is 1. The van der Waals surface area contributed by atoms with Crippen LogP contribution < -0.4 is 15.4 Å². The third-order valence-corrected chi connectivity index (χ3v) is 6.18. The predicted molar refractivity (Wildman–Crippen MR) is 117 cm³/mol. The van der Waals surface area contributed by atoms with Gasteiger partial charge in [-0.05, 0) is 68.5 Å². The van der Waals surface area contributed by atoms with E-state index < -0.39 is 30.1 Å². The molecule has 1 heterocycles. The lowest BCUT2D eigenvalue weighted by atomic mass is 9.86. The normalized spacial score (nSPS) is 18.3. The van der Waals surface area contributed by atoms with Crippen molar-refractivity contribution in [3.63, 3.8) is 0 Å². The lowest BCUT2D eigenvalue weighted by Gasteiger charge is -2.37. The number of hydrogen-bond donors (Lipinski definition) is 4. The molecule has 2 unspecified atom stereocenters. The number of aliphatic hydroxyl groups is 1. The average molecular weight is 445 g/mol. The quantitative estimate of drug-likeness (QED) is 0.547. The summed E-state index contributed by atoms with van der Waals surface area (Å²) in [7, 11) is 0. The molecule has 0 bridgehead atoms. The van der Waals surface area contributed by atoms with Gasteiger partial charge in [-0.15, -0.1) is 0 Å². The maximum Gasteiger partial charge on any atom is 0.264 e. The fraction of sp³-hybridized carbons (Fsp3) is 0.417. The molecule has 0 spiro atoms. The van der Waals surface area contributed by atoms with Crippen LogP contribution >= 0.6 is 0 Å². The number of ether oxygens (including phenoxy) is 1. The molecule has 0 saturated carbocycles. The minimum Gasteiger partial charge on any atom is -0.507 e. The Morgan fingerprint density at radius 1 is 1.16 bits per heavy atom. The molecule has 1 aliphatic rings. The van der Waals surface area contributed by atoms with Gasteiger partial charge in [0.25, 0.3) is 5.91 Å². The second kappa shape index (κ2) is 9.16. The SMILES string of the molecule is Cc1c(C)c2c(c(C)c1O)CCC(C)(C(=O)NC(CO)C(=O)NCc1ccc(F)cc1)O2. The fourth-order valence-corrected chi connectivity index (χ4v) is 3.83. The summed E-state index contributed by atoms with van der Waals surface area (Å²) in [4.78, 5) is 25.5. The van der Waals surface area contributed by atoms with Crippen molar-refractivity contribution in [3.05, 3.63) is 57.9 Å². The number of fused-ring (bicyclic) bond motifs is 1. The lowest BCUT2D eigenvalue weighted by molar-refractivity contribution is -0.140. The molecule has 0 aromatic heterocycles. The monoisotopic (exact) mass is 444 g/mol. The zero-order valence-corrected chi connectivity index (χ0v) is 18.7. The molecule has 4 N–H and O–H groups in total. The molecule has 2 atom stereocenters. The van der Waals surface area contributed by atoms with Crippen LogP contribution in [0.15, 0.2) is 24.3 Å². The van der Waals surface area contributed by atoms with Crippen LogP contribution in [0.3, 0.4) is 0 Å². The van der Waals surface area contributed by atoms with E-state index in [2.05, 4.69) is 10.6 Å². The van der Waals surface area contributed by atoms with Gasteiger partial charge in [0.1, 0.15) is 23.4 Å². The number of aliphatic hydroxyl groups excluding tert-OH is 1. The Kier molecular flexibility index (Phi) is 6.74. The van der Waals surface area contributed by atoms with E-state index in [0.717, 1.165) is 16.7 Å². The van der Waals surface area contributed by atoms with E-state index in [1.54, 1.807) is 26.0 Å². The summed E-state index contributed by atoms with van der Waals surface area (Å²) in [5.74, 6) is -0.641. The van der Waals surface area contributed by atoms with E-state index in [0.29, 0.717) is 29.7 Å². The molecule has 32 heavy (non-hydrogen) atoms. The summed E-state index contributed by atoms with van der Waals surface area (Å²) in [6.45, 7) is 6.64. The summed E-state index contributed by atoms with van der Waals surface area (Å²) in [5, 5.41) is 25.2. The first-order valence-electron chi connectivity index (χ1n) is 10.5. The first-order chi connectivity index (χ1) is 15.1. The number of halogens is 1. The molecule has 0 fully saturated rings. The van der Waals surface area contributed by atoms with E-state index >= 15 is 0 Å². The third kappa shape index (κ3) is 4.55. The number of carbonyl (C=O) groups excluding carboxylic acids is 2. The zero-order chi connectivity index (χ0) is 23.6. The number of phenolic OH excluding ortho intramolecular Hbond substituents is 1. The molecule has 2 aromatic carbocycles. The van der Waals surface area contributed by atoms with E-state index in [9.17, 15) is 24.2 Å². The van der Waals surface area contributed by atoms with Crippen LogP contribution in [0.5, 0.6) is 11.5 Å². The van der Waals surface area contributed by atoms with Crippen LogP contribution in [0.2, 0.25) is 0 Å². The lowest BCUT2D eigenvalue weighted by Crippen LogP contribution is -2.57. The second-order valence-corrected chi connectivity index (χ2v) is 8.42. The van der Waals surface area contributed by atoms with Crippen LogP contribution in [0.4, 0.5) is 4.39 Å². The first kappa shape index (κ1) is 23.5. The molecule has 172 valence electrons. The predicted octanol–water partition coefficient (Wildman–Crippen LogP) is 2.33. The number of benzene rings is 2. The molecule has 2 amide bonds. The van der Waals surface area contributed by atoms with Gasteiger partial charge in [-0.1, -0.05) is 12.1 Å². The number of hydrogen-bond acceptors (Lipinski definition) is 5. The van der Waals surface area contributed by atoms with Crippen LogP contribution in [0.25, 0.3) is 0 Å². The molecular weight excluding hydrogens is 415 g/mol. The summed E-state index contributed by atoms with van der Waals surface area (Å²) in [5.41, 5.74) is 2.51. The molecule has 2 aromatic rings. The summed E-state index contributed by atoms with van der Waals surface area (Å²) < 4.78 is 19.1. The highest BCUT2D eigenvalue weighted by atomic mass is 19.1. The van der Waals surface area contributed by atoms with Crippen molar-refractivity contribution in [2.24, 2.45) is 0 Å². The molecule has 0 saturated heterocycles. The van der Waals surface area contributed by atoms with Crippen LogP contribution in [-0.4, -0.2) is 40.3 Å². The maximum absolute atomic E-state index is 13.0. The van der Waals surface area contributed by atoms with Gasteiger partial charge >= 0.3 is 0 Å². The number of aromatic hydroxyl groups is 1. The summed E-state index contributed by atoms with van der Waals surface area (Å²) in [6.07, 6.45) is 0.879. The van der Waals surface area contributed by atoms with Crippen molar-refractivity contribution in [2.75, 3.05) is 6.61 Å². The van der Waals surface area contributed by atoms with Gasteiger partial charge < -0.3 is 25.6 Å². The number of amides is 2.